The Labute approximate surface area is 116 Å². The van der Waals surface area contributed by atoms with Crippen LogP contribution in [0.1, 0.15) is 46.0 Å². The second-order valence-corrected chi connectivity index (χ2v) is 6.41. The standard InChI is InChI=1S/C15H27NO3/c1-11(2)12-4-3-5-13(8-12)16-6-7-19-14(10-16)9-15(17)18/h11-14H,3-10H2,1-2H3,(H,17,18). The summed E-state index contributed by atoms with van der Waals surface area (Å²) in [5.74, 6) is 0.841. The van der Waals surface area contributed by atoms with E-state index >= 15 is 0 Å². The number of carboxylic acids is 1. The summed E-state index contributed by atoms with van der Waals surface area (Å²) < 4.78 is 5.56. The van der Waals surface area contributed by atoms with Crippen molar-refractivity contribution in [3.8, 4) is 0 Å². The normalized spacial score (nSPS) is 33.5. The Bertz CT molecular complexity index is 306. The lowest BCUT2D eigenvalue weighted by molar-refractivity contribution is -0.142. The number of carboxylic acid groups (broad SMARTS) is 1. The number of morpholine rings is 1. The zero-order valence-corrected chi connectivity index (χ0v) is 12.2. The van der Waals surface area contributed by atoms with E-state index in [1.54, 1.807) is 0 Å². The van der Waals surface area contributed by atoms with Crippen molar-refractivity contribution in [2.75, 3.05) is 19.7 Å². The molecule has 1 saturated heterocycles. The molecule has 0 amide bonds. The van der Waals surface area contributed by atoms with Gasteiger partial charge in [0.05, 0.1) is 19.1 Å². The molecule has 2 fully saturated rings. The Morgan fingerprint density at radius 2 is 2.21 bits per heavy atom. The maximum Gasteiger partial charge on any atom is 0.306 e. The van der Waals surface area contributed by atoms with Crippen LogP contribution in [0.25, 0.3) is 0 Å². The second kappa shape index (κ2) is 6.71. The highest BCUT2D eigenvalue weighted by molar-refractivity contribution is 5.67. The Hall–Kier alpha value is -0.610. The van der Waals surface area contributed by atoms with E-state index in [0.29, 0.717) is 12.6 Å². The van der Waals surface area contributed by atoms with Gasteiger partial charge in [-0.25, -0.2) is 0 Å². The van der Waals surface area contributed by atoms with Crippen LogP contribution in [0, 0.1) is 11.8 Å². The molecule has 0 radical (unpaired) electrons. The molecule has 1 saturated carbocycles. The molecule has 4 heteroatoms. The molecule has 4 nitrogen and oxygen atoms in total. The number of carbonyl (C=O) groups is 1. The molecule has 1 aliphatic carbocycles. The van der Waals surface area contributed by atoms with Crippen molar-refractivity contribution < 1.29 is 14.6 Å². The molecule has 0 aromatic carbocycles. The van der Waals surface area contributed by atoms with E-state index < -0.39 is 5.97 Å². The van der Waals surface area contributed by atoms with E-state index in [0.717, 1.165) is 24.9 Å². The van der Waals surface area contributed by atoms with E-state index in [4.69, 9.17) is 9.84 Å². The highest BCUT2D eigenvalue weighted by atomic mass is 16.5. The third-order valence-electron chi connectivity index (χ3n) is 4.72. The van der Waals surface area contributed by atoms with Crippen molar-refractivity contribution >= 4 is 5.97 Å². The lowest BCUT2D eigenvalue weighted by atomic mass is 9.78. The molecule has 1 aliphatic heterocycles. The monoisotopic (exact) mass is 269 g/mol. The lowest BCUT2D eigenvalue weighted by Crippen LogP contribution is -2.49. The van der Waals surface area contributed by atoms with Gasteiger partial charge in [0.25, 0.3) is 0 Å². The van der Waals surface area contributed by atoms with Crippen LogP contribution in [0.2, 0.25) is 0 Å². The summed E-state index contributed by atoms with van der Waals surface area (Å²) in [7, 11) is 0. The van der Waals surface area contributed by atoms with E-state index in [-0.39, 0.29) is 12.5 Å². The molecule has 1 N–H and O–H groups in total. The van der Waals surface area contributed by atoms with Gasteiger partial charge < -0.3 is 9.84 Å². The number of aliphatic carboxylic acids is 1. The van der Waals surface area contributed by atoms with Gasteiger partial charge in [0.2, 0.25) is 0 Å². The molecule has 110 valence electrons. The number of hydrogen-bond donors (Lipinski definition) is 1. The molecule has 3 atom stereocenters. The van der Waals surface area contributed by atoms with Gasteiger partial charge >= 0.3 is 5.97 Å². The van der Waals surface area contributed by atoms with Crippen LogP contribution >= 0.6 is 0 Å². The average molecular weight is 269 g/mol. The molecular weight excluding hydrogens is 242 g/mol. The smallest absolute Gasteiger partial charge is 0.306 e. The third-order valence-corrected chi connectivity index (χ3v) is 4.72. The van der Waals surface area contributed by atoms with Gasteiger partial charge in [-0.05, 0) is 24.7 Å². The van der Waals surface area contributed by atoms with Crippen LogP contribution in [0.15, 0.2) is 0 Å². The lowest BCUT2D eigenvalue weighted by Gasteiger charge is -2.42. The van der Waals surface area contributed by atoms with Crippen LogP contribution in [-0.2, 0) is 9.53 Å². The van der Waals surface area contributed by atoms with Crippen LogP contribution in [0.5, 0.6) is 0 Å². The van der Waals surface area contributed by atoms with Crippen molar-refractivity contribution in [1.29, 1.82) is 0 Å². The zero-order chi connectivity index (χ0) is 13.8. The van der Waals surface area contributed by atoms with Gasteiger partial charge in [0, 0.05) is 19.1 Å². The van der Waals surface area contributed by atoms with Crippen LogP contribution in [-0.4, -0.2) is 47.8 Å². The first-order valence-corrected chi connectivity index (χ1v) is 7.63. The Morgan fingerprint density at radius 1 is 1.42 bits per heavy atom. The average Bonchev–Trinajstić information content (AvgIpc) is 2.38. The number of ether oxygens (including phenoxy) is 1. The van der Waals surface area contributed by atoms with Crippen LogP contribution < -0.4 is 0 Å². The summed E-state index contributed by atoms with van der Waals surface area (Å²) in [6, 6.07) is 0.640. The minimum atomic E-state index is -0.754. The Kier molecular flexibility index (Phi) is 5.22. The molecule has 2 rings (SSSR count). The molecule has 1 heterocycles. The highest BCUT2D eigenvalue weighted by Gasteiger charge is 2.32. The maximum atomic E-state index is 10.8. The van der Waals surface area contributed by atoms with Gasteiger partial charge in [-0.3, -0.25) is 9.69 Å². The van der Waals surface area contributed by atoms with E-state index in [2.05, 4.69) is 18.7 Å². The largest absolute Gasteiger partial charge is 0.481 e. The predicted molar refractivity (Wildman–Crippen MR) is 74.1 cm³/mol. The third kappa shape index (κ3) is 4.18. The van der Waals surface area contributed by atoms with E-state index in [1.165, 1.54) is 25.7 Å². The van der Waals surface area contributed by atoms with E-state index in [9.17, 15) is 4.79 Å². The summed E-state index contributed by atoms with van der Waals surface area (Å²) >= 11 is 0. The fourth-order valence-electron chi connectivity index (χ4n) is 3.53. The number of nitrogens with zero attached hydrogens (tertiary/aromatic N) is 1. The number of rotatable bonds is 4. The summed E-state index contributed by atoms with van der Waals surface area (Å²) in [5, 5.41) is 8.88. The molecule has 19 heavy (non-hydrogen) atoms. The van der Waals surface area contributed by atoms with Gasteiger partial charge in [-0.1, -0.05) is 26.7 Å². The fourth-order valence-corrected chi connectivity index (χ4v) is 3.53. The molecule has 0 bridgehead atoms. The summed E-state index contributed by atoms with van der Waals surface area (Å²) in [6.07, 6.45) is 5.23. The van der Waals surface area contributed by atoms with Crippen molar-refractivity contribution in [3.63, 3.8) is 0 Å². The minimum absolute atomic E-state index is 0.120. The number of hydrogen-bond acceptors (Lipinski definition) is 3. The SMILES string of the molecule is CC(C)C1CCCC(N2CCOC(CC(=O)O)C2)C1. The van der Waals surface area contributed by atoms with Crippen molar-refractivity contribution in [2.24, 2.45) is 11.8 Å². The van der Waals surface area contributed by atoms with Gasteiger partial charge in [-0.15, -0.1) is 0 Å². The summed E-state index contributed by atoms with van der Waals surface area (Å²) in [5.41, 5.74) is 0. The van der Waals surface area contributed by atoms with Gasteiger partial charge in [0.1, 0.15) is 0 Å². The Morgan fingerprint density at radius 3 is 2.89 bits per heavy atom. The van der Waals surface area contributed by atoms with Crippen molar-refractivity contribution in [3.05, 3.63) is 0 Å². The fraction of sp³-hybridized carbons (Fsp3) is 0.933. The molecule has 3 unspecified atom stereocenters. The molecule has 2 aliphatic rings. The minimum Gasteiger partial charge on any atom is -0.481 e. The Balaban J connectivity index is 1.88. The molecular formula is C15H27NO3. The van der Waals surface area contributed by atoms with E-state index in [1.807, 2.05) is 0 Å². The van der Waals surface area contributed by atoms with Crippen molar-refractivity contribution in [2.45, 2.75) is 58.1 Å². The van der Waals surface area contributed by atoms with Gasteiger partial charge in [0.15, 0.2) is 0 Å². The first kappa shape index (κ1) is 14.8. The quantitative estimate of drug-likeness (QED) is 0.851. The first-order valence-electron chi connectivity index (χ1n) is 7.63. The summed E-state index contributed by atoms with van der Waals surface area (Å²) in [6.45, 7) is 7.08. The van der Waals surface area contributed by atoms with Crippen LogP contribution in [0.4, 0.5) is 0 Å². The summed E-state index contributed by atoms with van der Waals surface area (Å²) in [4.78, 5) is 13.3. The molecule has 0 spiro atoms. The molecule has 0 aromatic heterocycles. The maximum absolute atomic E-state index is 10.8. The van der Waals surface area contributed by atoms with Crippen LogP contribution in [0.3, 0.4) is 0 Å². The first-order chi connectivity index (χ1) is 9.06. The zero-order valence-electron chi connectivity index (χ0n) is 12.2. The van der Waals surface area contributed by atoms with Crippen molar-refractivity contribution in [1.82, 2.24) is 4.90 Å². The van der Waals surface area contributed by atoms with Gasteiger partial charge in [-0.2, -0.15) is 0 Å². The highest BCUT2D eigenvalue weighted by Crippen LogP contribution is 2.33. The second-order valence-electron chi connectivity index (χ2n) is 6.41. The topological polar surface area (TPSA) is 49.8 Å². The predicted octanol–water partition coefficient (Wildman–Crippen LogP) is 2.38. The molecule has 0 aromatic rings.